The first-order valence-corrected chi connectivity index (χ1v) is 9.69. The molecule has 1 heterocycles. The Kier molecular flexibility index (Phi) is 7.80. The van der Waals surface area contributed by atoms with Crippen molar-refractivity contribution >= 4 is 11.7 Å². The maximum atomic E-state index is 12.8. The highest BCUT2D eigenvalue weighted by atomic mass is 16.2. The Morgan fingerprint density at radius 3 is 2.41 bits per heavy atom. The van der Waals surface area contributed by atoms with Crippen molar-refractivity contribution in [2.75, 3.05) is 26.2 Å². The summed E-state index contributed by atoms with van der Waals surface area (Å²) in [6.45, 7) is 10.5. The van der Waals surface area contributed by atoms with Gasteiger partial charge < -0.3 is 9.88 Å². The van der Waals surface area contributed by atoms with Crippen LogP contribution in [0.1, 0.15) is 41.2 Å². The van der Waals surface area contributed by atoms with Crippen molar-refractivity contribution in [2.24, 2.45) is 0 Å². The van der Waals surface area contributed by atoms with Gasteiger partial charge in [-0.25, -0.2) is 0 Å². The molecule has 0 unspecified atom stereocenters. The second-order valence-corrected chi connectivity index (χ2v) is 6.85. The minimum atomic E-state index is -0.0412. The topological polar surface area (TPSA) is 54.3 Å². The van der Waals surface area contributed by atoms with Gasteiger partial charge in [-0.05, 0) is 45.4 Å². The van der Waals surface area contributed by atoms with Gasteiger partial charge in [0.1, 0.15) is 0 Å². The molecule has 27 heavy (non-hydrogen) atoms. The van der Waals surface area contributed by atoms with Crippen molar-refractivity contribution in [1.29, 1.82) is 0 Å². The van der Waals surface area contributed by atoms with E-state index in [0.29, 0.717) is 13.1 Å². The Balaban J connectivity index is 2.05. The van der Waals surface area contributed by atoms with Crippen LogP contribution in [-0.4, -0.2) is 47.3 Å². The number of ketones is 1. The van der Waals surface area contributed by atoms with Gasteiger partial charge in [-0.1, -0.05) is 37.3 Å². The zero-order valence-corrected chi connectivity index (χ0v) is 16.9. The summed E-state index contributed by atoms with van der Waals surface area (Å²) < 4.78 is 2.21. The van der Waals surface area contributed by atoms with Crippen molar-refractivity contribution < 1.29 is 9.59 Å². The Bertz CT molecular complexity index is 765. The highest BCUT2D eigenvalue weighted by Gasteiger charge is 2.19. The Labute approximate surface area is 162 Å². The molecule has 0 atom stereocenters. The van der Waals surface area contributed by atoms with Gasteiger partial charge in [0.25, 0.3) is 0 Å². The zero-order valence-electron chi connectivity index (χ0n) is 16.9. The number of hydrogen-bond acceptors (Lipinski definition) is 3. The molecule has 0 aliphatic carbocycles. The summed E-state index contributed by atoms with van der Waals surface area (Å²) in [7, 11) is 0. The highest BCUT2D eigenvalue weighted by Crippen LogP contribution is 2.17. The smallest absolute Gasteiger partial charge is 0.234 e. The number of nitrogens with one attached hydrogen (secondary N) is 1. The van der Waals surface area contributed by atoms with E-state index in [-0.39, 0.29) is 24.8 Å². The molecule has 0 aliphatic heterocycles. The number of Topliss-reactive ketones (excluding diaryl/α,β-unsaturated/α-hetero) is 1. The van der Waals surface area contributed by atoms with E-state index in [1.807, 2.05) is 56.9 Å². The molecular weight excluding hydrogens is 338 g/mol. The van der Waals surface area contributed by atoms with E-state index in [2.05, 4.69) is 22.0 Å². The first-order chi connectivity index (χ1) is 13.0. The van der Waals surface area contributed by atoms with Crippen molar-refractivity contribution in [3.63, 3.8) is 0 Å². The average Bonchev–Trinajstić information content (AvgIpc) is 2.94. The molecule has 1 aromatic carbocycles. The van der Waals surface area contributed by atoms with Crippen LogP contribution >= 0.6 is 0 Å². The third-order valence-electron chi connectivity index (χ3n) is 4.90. The van der Waals surface area contributed by atoms with Crippen LogP contribution in [0.15, 0.2) is 36.4 Å². The lowest BCUT2D eigenvalue weighted by atomic mass is 10.1. The van der Waals surface area contributed by atoms with Crippen molar-refractivity contribution in [3.8, 4) is 0 Å². The van der Waals surface area contributed by atoms with Gasteiger partial charge >= 0.3 is 0 Å². The lowest BCUT2D eigenvalue weighted by Gasteiger charge is -2.18. The third kappa shape index (κ3) is 5.79. The molecule has 0 saturated carbocycles. The number of aromatic nitrogens is 1. The summed E-state index contributed by atoms with van der Waals surface area (Å²) in [4.78, 5) is 26.5. The lowest BCUT2D eigenvalue weighted by Crippen LogP contribution is -2.39. The number of nitrogens with zero attached hydrogens (tertiary/aromatic N) is 2. The van der Waals surface area contributed by atoms with Crippen LogP contribution in [0.25, 0.3) is 0 Å². The van der Waals surface area contributed by atoms with Gasteiger partial charge in [-0.2, -0.15) is 0 Å². The molecular formula is C22H31N3O2. The van der Waals surface area contributed by atoms with Crippen molar-refractivity contribution in [3.05, 3.63) is 58.9 Å². The number of benzene rings is 1. The number of aryl methyl sites for hydroxylation is 2. The van der Waals surface area contributed by atoms with E-state index in [1.165, 1.54) is 5.56 Å². The Morgan fingerprint density at radius 1 is 1.07 bits per heavy atom. The quantitative estimate of drug-likeness (QED) is 0.655. The molecule has 0 aliphatic rings. The predicted molar refractivity (Wildman–Crippen MR) is 109 cm³/mol. The molecule has 146 valence electrons. The summed E-state index contributed by atoms with van der Waals surface area (Å²) in [5, 5.41) is 2.78. The molecule has 0 spiro atoms. The summed E-state index contributed by atoms with van der Waals surface area (Å²) in [6, 6.07) is 12.3. The standard InChI is InChI=1S/C22H31N3O2/c1-5-23-22(27)16-24(6-2)15-21(26)20-14-17(3)25(18(20)4)13-12-19-10-8-7-9-11-19/h7-11,14H,5-6,12-13,15-16H2,1-4H3,(H,23,27). The predicted octanol–water partition coefficient (Wildman–Crippen LogP) is 2.99. The SMILES string of the molecule is CCNC(=O)CN(CC)CC(=O)c1cc(C)n(CCc2ccccc2)c1C. The third-order valence-corrected chi connectivity index (χ3v) is 4.90. The van der Waals surface area contributed by atoms with E-state index in [9.17, 15) is 9.59 Å². The largest absolute Gasteiger partial charge is 0.355 e. The van der Waals surface area contributed by atoms with Crippen LogP contribution in [0.5, 0.6) is 0 Å². The number of carbonyl (C=O) groups excluding carboxylic acids is 2. The molecule has 2 rings (SSSR count). The Morgan fingerprint density at radius 2 is 1.78 bits per heavy atom. The van der Waals surface area contributed by atoms with E-state index in [1.54, 1.807) is 0 Å². The Hall–Kier alpha value is -2.40. The van der Waals surface area contributed by atoms with Crippen molar-refractivity contribution in [1.82, 2.24) is 14.8 Å². The van der Waals surface area contributed by atoms with Crippen LogP contribution < -0.4 is 5.32 Å². The summed E-state index contributed by atoms with van der Waals surface area (Å²) >= 11 is 0. The monoisotopic (exact) mass is 369 g/mol. The van der Waals surface area contributed by atoms with Gasteiger partial charge in [0.05, 0.1) is 13.1 Å². The van der Waals surface area contributed by atoms with Gasteiger partial charge in [0.2, 0.25) is 5.91 Å². The average molecular weight is 370 g/mol. The molecule has 0 fully saturated rings. The number of likely N-dealkylation sites (N-methyl/N-ethyl adjacent to an activating group) is 2. The molecule has 1 amide bonds. The minimum Gasteiger partial charge on any atom is -0.355 e. The minimum absolute atomic E-state index is 0.0412. The molecule has 0 bridgehead atoms. The normalized spacial score (nSPS) is 11.0. The van der Waals surface area contributed by atoms with Gasteiger partial charge in [0.15, 0.2) is 5.78 Å². The second-order valence-electron chi connectivity index (χ2n) is 6.85. The van der Waals surface area contributed by atoms with E-state index < -0.39 is 0 Å². The molecule has 5 heteroatoms. The van der Waals surface area contributed by atoms with E-state index >= 15 is 0 Å². The molecule has 1 aromatic heterocycles. The molecule has 0 saturated heterocycles. The van der Waals surface area contributed by atoms with Gasteiger partial charge in [-0.15, -0.1) is 0 Å². The van der Waals surface area contributed by atoms with Crippen LogP contribution in [0.3, 0.4) is 0 Å². The summed E-state index contributed by atoms with van der Waals surface area (Å²) in [5.41, 5.74) is 4.15. The molecule has 0 radical (unpaired) electrons. The van der Waals surface area contributed by atoms with Crippen LogP contribution in [0, 0.1) is 13.8 Å². The summed E-state index contributed by atoms with van der Waals surface area (Å²) in [6.07, 6.45) is 0.934. The van der Waals surface area contributed by atoms with Gasteiger partial charge in [0, 0.05) is 30.0 Å². The lowest BCUT2D eigenvalue weighted by molar-refractivity contribution is -0.121. The maximum absolute atomic E-state index is 12.8. The number of rotatable bonds is 10. The molecule has 1 N–H and O–H groups in total. The fourth-order valence-corrected chi connectivity index (χ4v) is 3.34. The molecule has 5 nitrogen and oxygen atoms in total. The number of hydrogen-bond donors (Lipinski definition) is 1. The fraction of sp³-hybridized carbons (Fsp3) is 0.455. The maximum Gasteiger partial charge on any atom is 0.234 e. The van der Waals surface area contributed by atoms with Crippen LogP contribution in [0.4, 0.5) is 0 Å². The highest BCUT2D eigenvalue weighted by molar-refractivity contribution is 5.99. The summed E-state index contributed by atoms with van der Waals surface area (Å²) in [5.74, 6) is 0.0284. The first-order valence-electron chi connectivity index (χ1n) is 9.69. The second kappa shape index (κ2) is 10.1. The number of carbonyl (C=O) groups is 2. The van der Waals surface area contributed by atoms with E-state index in [0.717, 1.165) is 29.9 Å². The molecule has 2 aromatic rings. The fourth-order valence-electron chi connectivity index (χ4n) is 3.34. The van der Waals surface area contributed by atoms with E-state index in [4.69, 9.17) is 0 Å². The first kappa shape index (κ1) is 20.9. The van der Waals surface area contributed by atoms with Crippen LogP contribution in [-0.2, 0) is 17.8 Å². The van der Waals surface area contributed by atoms with Crippen molar-refractivity contribution in [2.45, 2.75) is 40.7 Å². The van der Waals surface area contributed by atoms with Crippen LogP contribution in [0.2, 0.25) is 0 Å². The van der Waals surface area contributed by atoms with Gasteiger partial charge in [-0.3, -0.25) is 14.5 Å². The zero-order chi connectivity index (χ0) is 19.8. The number of amides is 1.